The fourth-order valence-electron chi connectivity index (χ4n) is 1.76. The smallest absolute Gasteiger partial charge is 0.221 e. The Morgan fingerprint density at radius 1 is 1.37 bits per heavy atom. The van der Waals surface area contributed by atoms with Gasteiger partial charge in [-0.2, -0.15) is 5.10 Å². The van der Waals surface area contributed by atoms with Crippen LogP contribution in [0, 0.1) is 12.7 Å². The van der Waals surface area contributed by atoms with E-state index in [9.17, 15) is 13.2 Å². The lowest BCUT2D eigenvalue weighted by Gasteiger charge is -2.07. The van der Waals surface area contributed by atoms with Gasteiger partial charge in [0, 0.05) is 5.56 Å². The highest BCUT2D eigenvalue weighted by Gasteiger charge is 2.23. The Hall–Kier alpha value is -1.20. The summed E-state index contributed by atoms with van der Waals surface area (Å²) in [4.78, 5) is 0. The molecule has 0 saturated carbocycles. The van der Waals surface area contributed by atoms with Crippen molar-refractivity contribution in [2.75, 3.05) is 0 Å². The highest BCUT2D eigenvalue weighted by atomic mass is 35.5. The van der Waals surface area contributed by atoms with Crippen LogP contribution in [0.1, 0.15) is 23.2 Å². The van der Waals surface area contributed by atoms with Gasteiger partial charge in [-0.15, -0.1) is 11.6 Å². The highest BCUT2D eigenvalue weighted by Crippen LogP contribution is 2.31. The molecule has 0 atom stereocenters. The van der Waals surface area contributed by atoms with E-state index in [1.807, 2.05) is 0 Å². The van der Waals surface area contributed by atoms with Crippen LogP contribution in [0.25, 0.3) is 5.69 Å². The molecule has 0 spiro atoms. The van der Waals surface area contributed by atoms with E-state index < -0.39 is 17.9 Å². The number of halogens is 5. The molecule has 0 amide bonds. The van der Waals surface area contributed by atoms with Crippen molar-refractivity contribution in [1.29, 1.82) is 0 Å². The third-order valence-electron chi connectivity index (χ3n) is 2.68. The van der Waals surface area contributed by atoms with Crippen LogP contribution >= 0.6 is 23.2 Å². The lowest BCUT2D eigenvalue weighted by molar-refractivity contribution is 0.144. The van der Waals surface area contributed by atoms with Gasteiger partial charge in [-0.25, -0.2) is 17.9 Å². The maximum Gasteiger partial charge on any atom is 0.282 e. The zero-order chi connectivity index (χ0) is 14.2. The summed E-state index contributed by atoms with van der Waals surface area (Å²) in [6, 6.07) is 3.91. The minimum atomic E-state index is -2.77. The summed E-state index contributed by atoms with van der Waals surface area (Å²) in [5.41, 5.74) is 0.599. The van der Waals surface area contributed by atoms with Gasteiger partial charge >= 0.3 is 0 Å². The molecule has 0 bridgehead atoms. The van der Waals surface area contributed by atoms with Crippen molar-refractivity contribution >= 4 is 23.2 Å². The van der Waals surface area contributed by atoms with Crippen molar-refractivity contribution in [1.82, 2.24) is 9.78 Å². The summed E-state index contributed by atoms with van der Waals surface area (Å²) in [5, 5.41) is 3.78. The van der Waals surface area contributed by atoms with E-state index in [0.29, 0.717) is 11.3 Å². The van der Waals surface area contributed by atoms with E-state index in [4.69, 9.17) is 23.2 Å². The molecule has 2 nitrogen and oxygen atoms in total. The fourth-order valence-corrected chi connectivity index (χ4v) is 2.38. The molecule has 1 aromatic carbocycles. The zero-order valence-electron chi connectivity index (χ0n) is 9.80. The SMILES string of the molecule is Cc1cc(F)ccc1-n1nc(C(F)F)c(CCl)c1Cl. The Morgan fingerprint density at radius 3 is 2.53 bits per heavy atom. The molecule has 0 aliphatic carbocycles. The van der Waals surface area contributed by atoms with Crippen molar-refractivity contribution in [2.45, 2.75) is 19.2 Å². The number of benzene rings is 1. The second kappa shape index (κ2) is 5.43. The molecule has 0 aliphatic rings. The van der Waals surface area contributed by atoms with Crippen molar-refractivity contribution < 1.29 is 13.2 Å². The van der Waals surface area contributed by atoms with Gasteiger partial charge in [0.15, 0.2) is 0 Å². The molecule has 0 fully saturated rings. The molecule has 1 aromatic heterocycles. The zero-order valence-corrected chi connectivity index (χ0v) is 11.3. The normalized spacial score (nSPS) is 11.3. The van der Waals surface area contributed by atoms with Crippen LogP contribution in [0.15, 0.2) is 18.2 Å². The third-order valence-corrected chi connectivity index (χ3v) is 3.33. The maximum atomic E-state index is 13.0. The number of alkyl halides is 3. The molecule has 0 aliphatic heterocycles. The molecule has 2 rings (SSSR count). The van der Waals surface area contributed by atoms with Crippen LogP contribution in [0.5, 0.6) is 0 Å². The van der Waals surface area contributed by atoms with E-state index in [-0.39, 0.29) is 16.6 Å². The van der Waals surface area contributed by atoms with Crippen LogP contribution < -0.4 is 0 Å². The lowest BCUT2D eigenvalue weighted by Crippen LogP contribution is -2.00. The molecule has 1 heterocycles. The van der Waals surface area contributed by atoms with Gasteiger partial charge in [0.25, 0.3) is 6.43 Å². The minimum Gasteiger partial charge on any atom is -0.221 e. The topological polar surface area (TPSA) is 17.8 Å². The molecule has 2 aromatic rings. The van der Waals surface area contributed by atoms with E-state index in [0.717, 1.165) is 4.68 Å². The number of aromatic nitrogens is 2. The first-order valence-corrected chi connectivity index (χ1v) is 6.25. The molecule has 19 heavy (non-hydrogen) atoms. The second-order valence-corrected chi connectivity index (χ2v) is 4.56. The summed E-state index contributed by atoms with van der Waals surface area (Å²) in [6.07, 6.45) is -2.77. The average molecular weight is 309 g/mol. The monoisotopic (exact) mass is 308 g/mol. The van der Waals surface area contributed by atoms with Gasteiger partial charge < -0.3 is 0 Å². The molecule has 0 saturated heterocycles. The predicted octanol–water partition coefficient (Wildman–Crippen LogP) is 4.65. The standard InChI is InChI=1S/C12H9Cl2F3N2/c1-6-4-7(15)2-3-9(6)19-11(14)8(5-13)10(18-19)12(16)17/h2-4,12H,5H2,1H3. The first-order valence-electron chi connectivity index (χ1n) is 5.33. The van der Waals surface area contributed by atoms with Crippen molar-refractivity contribution in [3.63, 3.8) is 0 Å². The molecule has 0 N–H and O–H groups in total. The largest absolute Gasteiger partial charge is 0.282 e. The Kier molecular flexibility index (Phi) is 4.06. The summed E-state index contributed by atoms with van der Waals surface area (Å²) < 4.78 is 39.9. The van der Waals surface area contributed by atoms with E-state index in [1.54, 1.807) is 6.92 Å². The Morgan fingerprint density at radius 2 is 2.05 bits per heavy atom. The van der Waals surface area contributed by atoms with Crippen LogP contribution in [-0.2, 0) is 5.88 Å². The number of hydrogen-bond donors (Lipinski definition) is 0. The molecular weight excluding hydrogens is 300 g/mol. The Balaban J connectivity index is 2.63. The van der Waals surface area contributed by atoms with Gasteiger partial charge in [0.2, 0.25) is 0 Å². The van der Waals surface area contributed by atoms with Gasteiger partial charge in [-0.3, -0.25) is 0 Å². The van der Waals surface area contributed by atoms with Crippen LogP contribution in [0.2, 0.25) is 5.15 Å². The summed E-state index contributed by atoms with van der Waals surface area (Å²) in [7, 11) is 0. The first-order chi connectivity index (χ1) is 8.95. The maximum absolute atomic E-state index is 13.0. The average Bonchev–Trinajstić information content (AvgIpc) is 2.66. The van der Waals surface area contributed by atoms with Crippen molar-refractivity contribution in [3.05, 3.63) is 46.0 Å². The highest BCUT2D eigenvalue weighted by molar-refractivity contribution is 6.31. The molecule has 7 heteroatoms. The van der Waals surface area contributed by atoms with Gasteiger partial charge in [-0.05, 0) is 30.7 Å². The summed E-state index contributed by atoms with van der Waals surface area (Å²) in [5.74, 6) is -0.588. The third kappa shape index (κ3) is 2.58. The van der Waals surface area contributed by atoms with Gasteiger partial charge in [-0.1, -0.05) is 11.6 Å². The molecule has 0 radical (unpaired) electrons. The van der Waals surface area contributed by atoms with E-state index in [2.05, 4.69) is 5.10 Å². The molecule has 102 valence electrons. The number of rotatable bonds is 3. The van der Waals surface area contributed by atoms with Crippen LogP contribution in [0.4, 0.5) is 13.2 Å². The number of hydrogen-bond acceptors (Lipinski definition) is 1. The number of nitrogens with zero attached hydrogens (tertiary/aromatic N) is 2. The van der Waals surface area contributed by atoms with Gasteiger partial charge in [0.05, 0.1) is 11.6 Å². The minimum absolute atomic E-state index is 0.0139. The molecule has 0 unspecified atom stereocenters. The van der Waals surface area contributed by atoms with E-state index >= 15 is 0 Å². The number of aryl methyl sites for hydroxylation is 1. The lowest BCUT2D eigenvalue weighted by atomic mass is 10.2. The van der Waals surface area contributed by atoms with Crippen molar-refractivity contribution in [2.24, 2.45) is 0 Å². The Bertz CT molecular complexity index is 611. The molecular formula is C12H9Cl2F3N2. The summed E-state index contributed by atoms with van der Waals surface area (Å²) >= 11 is 11.6. The van der Waals surface area contributed by atoms with E-state index in [1.165, 1.54) is 18.2 Å². The van der Waals surface area contributed by atoms with Crippen LogP contribution in [-0.4, -0.2) is 9.78 Å². The summed E-state index contributed by atoms with van der Waals surface area (Å²) in [6.45, 7) is 1.64. The van der Waals surface area contributed by atoms with Gasteiger partial charge in [0.1, 0.15) is 16.7 Å². The van der Waals surface area contributed by atoms with Crippen molar-refractivity contribution in [3.8, 4) is 5.69 Å². The quantitative estimate of drug-likeness (QED) is 0.755. The Labute approximate surface area is 117 Å². The second-order valence-electron chi connectivity index (χ2n) is 3.93. The van der Waals surface area contributed by atoms with Crippen LogP contribution in [0.3, 0.4) is 0 Å². The fraction of sp³-hybridized carbons (Fsp3) is 0.250. The predicted molar refractivity (Wildman–Crippen MR) is 67.8 cm³/mol. The first kappa shape index (κ1) is 14.2.